The Morgan fingerprint density at radius 2 is 0.465 bits per heavy atom. The molecule has 6 nitrogen and oxygen atoms in total. The third kappa shape index (κ3) is 59.2. The quantitative estimate of drug-likeness (QED) is 0.0343. The first-order chi connectivity index (χ1) is 34.7. The van der Waals surface area contributed by atoms with E-state index in [1.807, 2.05) is 0 Å². The summed E-state index contributed by atoms with van der Waals surface area (Å²) >= 11 is 0. The third-order valence-corrected chi connectivity index (χ3v) is 15.0. The van der Waals surface area contributed by atoms with Gasteiger partial charge in [-0.15, -0.1) is 0 Å². The van der Waals surface area contributed by atoms with E-state index < -0.39 is 6.10 Å². The molecule has 0 N–H and O–H groups in total. The lowest BCUT2D eigenvalue weighted by Crippen LogP contribution is -2.30. The monoisotopic (exact) mass is 1000 g/mol. The van der Waals surface area contributed by atoms with E-state index in [1.165, 1.54) is 257 Å². The highest BCUT2D eigenvalue weighted by Crippen LogP contribution is 2.19. The van der Waals surface area contributed by atoms with Crippen molar-refractivity contribution >= 4 is 17.9 Å². The third-order valence-electron chi connectivity index (χ3n) is 15.0. The summed E-state index contributed by atoms with van der Waals surface area (Å²) in [6, 6.07) is 0. The van der Waals surface area contributed by atoms with Gasteiger partial charge in [0.25, 0.3) is 0 Å². The first-order valence-corrected chi connectivity index (χ1v) is 32.2. The molecule has 0 unspecified atom stereocenters. The van der Waals surface area contributed by atoms with Crippen LogP contribution in [0.4, 0.5) is 0 Å². The highest BCUT2D eigenvalue weighted by molar-refractivity contribution is 5.71. The number of rotatable bonds is 59. The van der Waals surface area contributed by atoms with Crippen molar-refractivity contribution in [1.82, 2.24) is 0 Å². The van der Waals surface area contributed by atoms with E-state index in [2.05, 4.69) is 34.6 Å². The Bertz CT molecular complexity index is 1090. The van der Waals surface area contributed by atoms with Crippen LogP contribution in [0, 0.1) is 11.8 Å². The van der Waals surface area contributed by atoms with Crippen LogP contribution in [0.25, 0.3) is 0 Å². The second kappa shape index (κ2) is 57.7. The predicted molar refractivity (Wildman–Crippen MR) is 307 cm³/mol. The molecule has 0 aromatic carbocycles. The molecule has 0 aliphatic heterocycles. The summed E-state index contributed by atoms with van der Waals surface area (Å²) in [4.78, 5) is 38.3. The number of carbonyl (C=O) groups excluding carboxylic acids is 3. The lowest BCUT2D eigenvalue weighted by Gasteiger charge is -2.18. The molecule has 0 bridgehead atoms. The molecule has 6 heteroatoms. The molecular weight excluding hydrogens is 877 g/mol. The SMILES string of the molecule is CCCCCCCCCCCCCCCCCC(=O)OC[C@@H](COC(=O)CCCCCCCCCCCCCCCCC(C)C)OC(=O)CCCCCCCCCCCCCCCCCCCCC(C)C. The van der Waals surface area contributed by atoms with E-state index in [9.17, 15) is 14.4 Å². The minimum absolute atomic E-state index is 0.0617. The van der Waals surface area contributed by atoms with Gasteiger partial charge in [0.2, 0.25) is 0 Å². The fourth-order valence-corrected chi connectivity index (χ4v) is 10.1. The average molecular weight is 1000 g/mol. The normalized spacial score (nSPS) is 12.0. The molecule has 71 heavy (non-hydrogen) atoms. The number of carbonyl (C=O) groups is 3. The molecule has 0 fully saturated rings. The van der Waals surface area contributed by atoms with Crippen LogP contribution in [0.5, 0.6) is 0 Å². The molecule has 0 aromatic heterocycles. The second-order valence-electron chi connectivity index (χ2n) is 23.4. The van der Waals surface area contributed by atoms with Gasteiger partial charge in [0.1, 0.15) is 13.2 Å². The zero-order chi connectivity index (χ0) is 51.8. The van der Waals surface area contributed by atoms with E-state index in [-0.39, 0.29) is 31.1 Å². The standard InChI is InChI=1S/C65H126O6/c1-6-7-8-9-10-11-12-13-18-25-30-35-40-45-50-55-63(66)69-58-62(59-70-64(67)56-51-46-41-36-31-26-22-21-24-29-34-39-44-49-54-61(4)5)71-65(68)57-52-47-42-37-32-27-20-17-15-14-16-19-23-28-33-38-43-48-53-60(2)3/h60-62H,6-59H2,1-5H3/t62-/m0/s1. The van der Waals surface area contributed by atoms with Crippen molar-refractivity contribution in [3.8, 4) is 0 Å². The zero-order valence-corrected chi connectivity index (χ0v) is 48.9. The molecule has 0 aliphatic rings. The van der Waals surface area contributed by atoms with E-state index >= 15 is 0 Å². The lowest BCUT2D eigenvalue weighted by molar-refractivity contribution is -0.167. The molecule has 0 heterocycles. The molecule has 0 saturated heterocycles. The Hall–Kier alpha value is -1.59. The van der Waals surface area contributed by atoms with Gasteiger partial charge in [-0.25, -0.2) is 0 Å². The molecule has 0 amide bonds. The van der Waals surface area contributed by atoms with E-state index in [0.717, 1.165) is 69.6 Å². The smallest absolute Gasteiger partial charge is 0.306 e. The Morgan fingerprint density at radius 3 is 0.690 bits per heavy atom. The van der Waals surface area contributed by atoms with Crippen molar-refractivity contribution in [2.45, 2.75) is 375 Å². The van der Waals surface area contributed by atoms with Crippen molar-refractivity contribution in [2.24, 2.45) is 11.8 Å². The summed E-state index contributed by atoms with van der Waals surface area (Å²) in [7, 11) is 0. The van der Waals surface area contributed by atoms with Crippen LogP contribution < -0.4 is 0 Å². The molecule has 0 saturated carbocycles. The van der Waals surface area contributed by atoms with Gasteiger partial charge in [-0.1, -0.05) is 330 Å². The predicted octanol–water partition coefficient (Wildman–Crippen LogP) is 21.6. The largest absolute Gasteiger partial charge is 0.462 e. The minimum Gasteiger partial charge on any atom is -0.462 e. The number of unbranched alkanes of at least 4 members (excludes halogenated alkanes) is 44. The van der Waals surface area contributed by atoms with Crippen LogP contribution in [0.15, 0.2) is 0 Å². The summed E-state index contributed by atoms with van der Waals surface area (Å²) in [5.41, 5.74) is 0. The van der Waals surface area contributed by atoms with Crippen LogP contribution in [0.1, 0.15) is 369 Å². The van der Waals surface area contributed by atoms with Gasteiger partial charge in [-0.2, -0.15) is 0 Å². The van der Waals surface area contributed by atoms with E-state index in [0.29, 0.717) is 19.3 Å². The van der Waals surface area contributed by atoms with Gasteiger partial charge in [-0.05, 0) is 31.1 Å². The second-order valence-corrected chi connectivity index (χ2v) is 23.4. The summed E-state index contributed by atoms with van der Waals surface area (Å²) < 4.78 is 17.0. The maximum absolute atomic E-state index is 12.9. The Kier molecular flexibility index (Phi) is 56.4. The summed E-state index contributed by atoms with van der Waals surface area (Å²) in [6.45, 7) is 11.5. The summed E-state index contributed by atoms with van der Waals surface area (Å²) in [5, 5.41) is 0. The fraction of sp³-hybridized carbons (Fsp3) is 0.954. The van der Waals surface area contributed by atoms with Crippen LogP contribution in [0.3, 0.4) is 0 Å². The first-order valence-electron chi connectivity index (χ1n) is 32.2. The molecule has 0 spiro atoms. The molecule has 0 rings (SSSR count). The molecule has 1 atom stereocenters. The Morgan fingerprint density at radius 1 is 0.268 bits per heavy atom. The van der Waals surface area contributed by atoms with Crippen molar-refractivity contribution in [1.29, 1.82) is 0 Å². The molecule has 0 aliphatic carbocycles. The van der Waals surface area contributed by atoms with Gasteiger partial charge in [0, 0.05) is 19.3 Å². The van der Waals surface area contributed by atoms with E-state index in [1.54, 1.807) is 0 Å². The van der Waals surface area contributed by atoms with Gasteiger partial charge >= 0.3 is 17.9 Å². The fourth-order valence-electron chi connectivity index (χ4n) is 10.1. The van der Waals surface area contributed by atoms with Crippen LogP contribution in [0.2, 0.25) is 0 Å². The molecular formula is C65H126O6. The molecule has 0 aromatic rings. The molecule has 422 valence electrons. The van der Waals surface area contributed by atoms with Crippen molar-refractivity contribution < 1.29 is 28.6 Å². The van der Waals surface area contributed by atoms with Gasteiger partial charge in [-0.3, -0.25) is 14.4 Å². The first kappa shape index (κ1) is 69.4. The lowest BCUT2D eigenvalue weighted by atomic mass is 10.0. The average Bonchev–Trinajstić information content (AvgIpc) is 3.35. The van der Waals surface area contributed by atoms with Gasteiger partial charge < -0.3 is 14.2 Å². The van der Waals surface area contributed by atoms with Gasteiger partial charge in [0.05, 0.1) is 0 Å². The summed E-state index contributed by atoms with van der Waals surface area (Å²) in [6.07, 6.45) is 63.9. The molecule has 0 radical (unpaired) electrons. The maximum Gasteiger partial charge on any atom is 0.306 e. The van der Waals surface area contributed by atoms with Crippen molar-refractivity contribution in [3.05, 3.63) is 0 Å². The number of hydrogen-bond acceptors (Lipinski definition) is 6. The topological polar surface area (TPSA) is 78.9 Å². The van der Waals surface area contributed by atoms with Crippen molar-refractivity contribution in [2.75, 3.05) is 13.2 Å². The maximum atomic E-state index is 12.9. The number of hydrogen-bond donors (Lipinski definition) is 0. The number of esters is 3. The Labute approximate surface area is 444 Å². The van der Waals surface area contributed by atoms with Crippen LogP contribution >= 0.6 is 0 Å². The summed E-state index contributed by atoms with van der Waals surface area (Å²) in [5.74, 6) is 0.873. The number of ether oxygens (including phenoxy) is 3. The van der Waals surface area contributed by atoms with E-state index in [4.69, 9.17) is 14.2 Å². The zero-order valence-electron chi connectivity index (χ0n) is 48.9. The highest BCUT2D eigenvalue weighted by Gasteiger charge is 2.19. The van der Waals surface area contributed by atoms with Crippen molar-refractivity contribution in [3.63, 3.8) is 0 Å². The Balaban J connectivity index is 4.27. The van der Waals surface area contributed by atoms with Gasteiger partial charge in [0.15, 0.2) is 6.10 Å². The highest BCUT2D eigenvalue weighted by atomic mass is 16.6. The minimum atomic E-state index is -0.763. The van der Waals surface area contributed by atoms with Crippen LogP contribution in [-0.4, -0.2) is 37.2 Å². The van der Waals surface area contributed by atoms with Crippen LogP contribution in [-0.2, 0) is 28.6 Å².